The maximum atomic E-state index is 5.19. The van der Waals surface area contributed by atoms with Crippen molar-refractivity contribution in [2.45, 2.75) is 32.6 Å². The Hall–Kier alpha value is -1.50. The zero-order valence-electron chi connectivity index (χ0n) is 10.9. The standard InChI is InChI=1S/C16H22O/c1-3-4-5-6-7-8-9-11-15-12-10-13-16(14-15)17-2/h6-10,12-14H,3-5,11H2,1-2H3/b7-6+,9-8+. The van der Waals surface area contributed by atoms with Gasteiger partial charge in [0.25, 0.3) is 0 Å². The number of methoxy groups -OCH3 is 1. The van der Waals surface area contributed by atoms with E-state index >= 15 is 0 Å². The van der Waals surface area contributed by atoms with Crippen LogP contribution in [0.3, 0.4) is 0 Å². The molecule has 0 atom stereocenters. The molecule has 1 rings (SSSR count). The lowest BCUT2D eigenvalue weighted by atomic mass is 10.1. The van der Waals surface area contributed by atoms with E-state index in [9.17, 15) is 0 Å². The summed E-state index contributed by atoms with van der Waals surface area (Å²) in [5.41, 5.74) is 1.28. The molecule has 0 fully saturated rings. The highest BCUT2D eigenvalue weighted by atomic mass is 16.5. The van der Waals surface area contributed by atoms with Gasteiger partial charge in [-0.05, 0) is 30.5 Å². The lowest BCUT2D eigenvalue weighted by Crippen LogP contribution is -1.85. The summed E-state index contributed by atoms with van der Waals surface area (Å²) >= 11 is 0. The SMILES string of the molecule is CCCC/C=C/C=C/Cc1cccc(OC)c1. The number of rotatable bonds is 7. The molecule has 0 aliphatic rings. The van der Waals surface area contributed by atoms with Crippen LogP contribution in [0.5, 0.6) is 5.75 Å². The van der Waals surface area contributed by atoms with Gasteiger partial charge in [-0.3, -0.25) is 0 Å². The summed E-state index contributed by atoms with van der Waals surface area (Å²) in [4.78, 5) is 0. The zero-order valence-corrected chi connectivity index (χ0v) is 10.9. The first-order valence-corrected chi connectivity index (χ1v) is 6.31. The molecule has 1 nitrogen and oxygen atoms in total. The van der Waals surface area contributed by atoms with Crippen molar-refractivity contribution in [1.29, 1.82) is 0 Å². The van der Waals surface area contributed by atoms with Crippen LogP contribution in [-0.2, 0) is 6.42 Å². The first-order chi connectivity index (χ1) is 8.36. The van der Waals surface area contributed by atoms with E-state index in [1.807, 2.05) is 12.1 Å². The quantitative estimate of drug-likeness (QED) is 0.493. The number of hydrogen-bond acceptors (Lipinski definition) is 1. The fraction of sp³-hybridized carbons (Fsp3) is 0.375. The Morgan fingerprint density at radius 3 is 2.76 bits per heavy atom. The maximum absolute atomic E-state index is 5.19. The van der Waals surface area contributed by atoms with Gasteiger partial charge < -0.3 is 4.74 Å². The minimum Gasteiger partial charge on any atom is -0.497 e. The lowest BCUT2D eigenvalue weighted by Gasteiger charge is -2.01. The van der Waals surface area contributed by atoms with Gasteiger partial charge in [0.05, 0.1) is 7.11 Å². The van der Waals surface area contributed by atoms with Crippen LogP contribution >= 0.6 is 0 Å². The molecular formula is C16H22O. The summed E-state index contributed by atoms with van der Waals surface area (Å²) in [6, 6.07) is 8.19. The van der Waals surface area contributed by atoms with E-state index in [1.165, 1.54) is 24.8 Å². The van der Waals surface area contributed by atoms with Crippen molar-refractivity contribution in [3.8, 4) is 5.75 Å². The van der Waals surface area contributed by atoms with E-state index in [-0.39, 0.29) is 0 Å². The molecule has 0 heterocycles. The monoisotopic (exact) mass is 230 g/mol. The van der Waals surface area contributed by atoms with E-state index < -0.39 is 0 Å². The Bertz CT molecular complexity index is 364. The Kier molecular flexibility index (Phi) is 6.89. The zero-order chi connectivity index (χ0) is 12.3. The number of ether oxygens (including phenoxy) is 1. The molecule has 0 N–H and O–H groups in total. The molecule has 0 aliphatic heterocycles. The third-order valence-electron chi connectivity index (χ3n) is 2.60. The molecule has 0 amide bonds. The molecule has 0 radical (unpaired) electrons. The first-order valence-electron chi connectivity index (χ1n) is 6.31. The molecule has 0 aromatic heterocycles. The van der Waals surface area contributed by atoms with Gasteiger partial charge >= 0.3 is 0 Å². The van der Waals surface area contributed by atoms with Gasteiger partial charge in [-0.2, -0.15) is 0 Å². The van der Waals surface area contributed by atoms with E-state index in [4.69, 9.17) is 4.74 Å². The topological polar surface area (TPSA) is 9.23 Å². The van der Waals surface area contributed by atoms with Gasteiger partial charge in [-0.25, -0.2) is 0 Å². The summed E-state index contributed by atoms with van der Waals surface area (Å²) < 4.78 is 5.19. The number of unbranched alkanes of at least 4 members (excludes halogenated alkanes) is 2. The van der Waals surface area contributed by atoms with Gasteiger partial charge in [0.1, 0.15) is 5.75 Å². The molecule has 1 heteroatoms. The predicted molar refractivity (Wildman–Crippen MR) is 74.5 cm³/mol. The van der Waals surface area contributed by atoms with Crippen molar-refractivity contribution in [2.24, 2.45) is 0 Å². The lowest BCUT2D eigenvalue weighted by molar-refractivity contribution is 0.414. The van der Waals surface area contributed by atoms with Crippen LogP contribution in [0, 0.1) is 0 Å². The van der Waals surface area contributed by atoms with Gasteiger partial charge in [-0.15, -0.1) is 0 Å². The summed E-state index contributed by atoms with van der Waals surface area (Å²) in [6.07, 6.45) is 13.3. The van der Waals surface area contributed by atoms with Crippen molar-refractivity contribution in [3.05, 3.63) is 54.1 Å². The molecule has 0 aliphatic carbocycles. The minimum absolute atomic E-state index is 0.925. The Labute approximate surface area is 105 Å². The van der Waals surface area contributed by atoms with E-state index in [1.54, 1.807) is 7.11 Å². The van der Waals surface area contributed by atoms with Crippen LogP contribution in [-0.4, -0.2) is 7.11 Å². The highest BCUT2D eigenvalue weighted by Gasteiger charge is 1.92. The van der Waals surface area contributed by atoms with E-state index in [2.05, 4.69) is 43.4 Å². The summed E-state index contributed by atoms with van der Waals surface area (Å²) in [5.74, 6) is 0.925. The molecule has 0 spiro atoms. The number of hydrogen-bond donors (Lipinski definition) is 0. The first kappa shape index (κ1) is 13.6. The molecule has 0 unspecified atom stereocenters. The maximum Gasteiger partial charge on any atom is 0.119 e. The van der Waals surface area contributed by atoms with Crippen molar-refractivity contribution < 1.29 is 4.74 Å². The second kappa shape index (κ2) is 8.63. The van der Waals surface area contributed by atoms with Crippen LogP contribution in [0.4, 0.5) is 0 Å². The largest absolute Gasteiger partial charge is 0.497 e. The van der Waals surface area contributed by atoms with E-state index in [0.29, 0.717) is 0 Å². The van der Waals surface area contributed by atoms with Gasteiger partial charge in [-0.1, -0.05) is 56.2 Å². The van der Waals surface area contributed by atoms with Gasteiger partial charge in [0.15, 0.2) is 0 Å². The van der Waals surface area contributed by atoms with Crippen LogP contribution in [0.1, 0.15) is 31.7 Å². The molecule has 92 valence electrons. The molecular weight excluding hydrogens is 208 g/mol. The van der Waals surface area contributed by atoms with Crippen LogP contribution in [0.2, 0.25) is 0 Å². The van der Waals surface area contributed by atoms with Crippen LogP contribution < -0.4 is 4.74 Å². The van der Waals surface area contributed by atoms with E-state index in [0.717, 1.165) is 12.2 Å². The Morgan fingerprint density at radius 2 is 2.00 bits per heavy atom. The fourth-order valence-corrected chi connectivity index (χ4v) is 1.58. The average Bonchev–Trinajstić information content (AvgIpc) is 2.38. The smallest absolute Gasteiger partial charge is 0.119 e. The van der Waals surface area contributed by atoms with Crippen molar-refractivity contribution in [2.75, 3.05) is 7.11 Å². The third kappa shape index (κ3) is 5.96. The molecule has 0 saturated heterocycles. The second-order valence-electron chi connectivity index (χ2n) is 4.05. The summed E-state index contributed by atoms with van der Waals surface area (Å²) in [6.45, 7) is 2.21. The van der Waals surface area contributed by atoms with Crippen molar-refractivity contribution in [3.63, 3.8) is 0 Å². The van der Waals surface area contributed by atoms with Gasteiger partial charge in [0, 0.05) is 0 Å². The van der Waals surface area contributed by atoms with Crippen LogP contribution in [0.25, 0.3) is 0 Å². The Balaban J connectivity index is 2.34. The third-order valence-corrected chi connectivity index (χ3v) is 2.60. The second-order valence-corrected chi connectivity index (χ2v) is 4.05. The molecule has 1 aromatic rings. The minimum atomic E-state index is 0.925. The fourth-order valence-electron chi connectivity index (χ4n) is 1.58. The molecule has 0 saturated carbocycles. The van der Waals surface area contributed by atoms with Crippen LogP contribution in [0.15, 0.2) is 48.6 Å². The average molecular weight is 230 g/mol. The molecule has 0 bridgehead atoms. The highest BCUT2D eigenvalue weighted by Crippen LogP contribution is 2.13. The normalized spacial score (nSPS) is 11.4. The summed E-state index contributed by atoms with van der Waals surface area (Å²) in [5, 5.41) is 0. The molecule has 1 aromatic carbocycles. The van der Waals surface area contributed by atoms with Crippen molar-refractivity contribution >= 4 is 0 Å². The van der Waals surface area contributed by atoms with Crippen molar-refractivity contribution in [1.82, 2.24) is 0 Å². The predicted octanol–water partition coefficient (Wildman–Crippen LogP) is 4.54. The number of allylic oxidation sites excluding steroid dienone is 4. The highest BCUT2D eigenvalue weighted by molar-refractivity contribution is 5.29. The molecule has 17 heavy (non-hydrogen) atoms. The number of benzene rings is 1. The summed E-state index contributed by atoms with van der Waals surface area (Å²) in [7, 11) is 1.70. The Morgan fingerprint density at radius 1 is 1.18 bits per heavy atom. The van der Waals surface area contributed by atoms with Gasteiger partial charge in [0.2, 0.25) is 0 Å².